The van der Waals surface area contributed by atoms with Crippen LogP contribution in [0.2, 0.25) is 0 Å². The van der Waals surface area contributed by atoms with E-state index in [2.05, 4.69) is 35.9 Å². The van der Waals surface area contributed by atoms with Crippen LogP contribution in [0.15, 0.2) is 11.6 Å². The Morgan fingerprint density at radius 1 is 1.46 bits per heavy atom. The molecule has 24 heavy (non-hydrogen) atoms. The Hall–Kier alpha value is -2.02. The molecule has 2 aliphatic carbocycles. The van der Waals surface area contributed by atoms with Crippen molar-refractivity contribution in [1.29, 1.82) is 5.26 Å². The smallest absolute Gasteiger partial charge is 0.261 e. The highest BCUT2D eigenvalue weighted by atomic mass is 16.1. The molecule has 0 radical (unpaired) electrons. The Bertz CT molecular complexity index is 712. The zero-order valence-corrected chi connectivity index (χ0v) is 15.0. The lowest BCUT2D eigenvalue weighted by molar-refractivity contribution is -0.117. The van der Waals surface area contributed by atoms with E-state index in [1.54, 1.807) is 6.08 Å². The molecule has 4 heteroatoms. The van der Waals surface area contributed by atoms with Crippen molar-refractivity contribution in [3.63, 3.8) is 0 Å². The monoisotopic (exact) mass is 325 g/mol. The van der Waals surface area contributed by atoms with E-state index in [9.17, 15) is 10.1 Å². The second kappa shape index (κ2) is 6.47. The maximum Gasteiger partial charge on any atom is 0.261 e. The van der Waals surface area contributed by atoms with Gasteiger partial charge in [0.15, 0.2) is 0 Å². The van der Waals surface area contributed by atoms with Crippen LogP contribution in [-0.2, 0) is 11.3 Å². The van der Waals surface area contributed by atoms with Gasteiger partial charge in [0.05, 0.1) is 0 Å². The highest BCUT2D eigenvalue weighted by molar-refractivity contribution is 6.01. The fraction of sp³-hybridized carbons (Fsp3) is 0.600. The van der Waals surface area contributed by atoms with Crippen molar-refractivity contribution in [3.05, 3.63) is 28.6 Å². The van der Waals surface area contributed by atoms with Gasteiger partial charge in [0.25, 0.3) is 5.91 Å². The van der Waals surface area contributed by atoms with Gasteiger partial charge in [-0.1, -0.05) is 6.92 Å². The van der Waals surface area contributed by atoms with E-state index in [0.717, 1.165) is 36.7 Å². The minimum absolute atomic E-state index is 0.207. The number of aromatic nitrogens is 1. The van der Waals surface area contributed by atoms with Gasteiger partial charge < -0.3 is 9.88 Å². The lowest BCUT2D eigenvalue weighted by Crippen LogP contribution is -2.31. The van der Waals surface area contributed by atoms with Crippen LogP contribution >= 0.6 is 0 Å². The first kappa shape index (κ1) is 16.8. The predicted octanol–water partition coefficient (Wildman–Crippen LogP) is 3.73. The number of hydrogen-bond donors (Lipinski definition) is 1. The van der Waals surface area contributed by atoms with Crippen LogP contribution in [0.4, 0.5) is 0 Å². The SMILES string of the molecule is CCCn1c(C)cc(/C=C(\C#N)C(=O)NCC2(C3CC3)CC2)c1C. The van der Waals surface area contributed by atoms with Gasteiger partial charge in [0.1, 0.15) is 11.6 Å². The summed E-state index contributed by atoms with van der Waals surface area (Å²) in [6.07, 6.45) is 7.86. The lowest BCUT2D eigenvalue weighted by atomic mass is 10.0. The number of nitrogens with one attached hydrogen (secondary N) is 1. The number of nitriles is 1. The Labute approximate surface area is 144 Å². The van der Waals surface area contributed by atoms with Crippen molar-refractivity contribution in [2.24, 2.45) is 11.3 Å². The molecular weight excluding hydrogens is 298 g/mol. The molecular formula is C20H27N3O. The van der Waals surface area contributed by atoms with Crippen LogP contribution in [0.5, 0.6) is 0 Å². The fourth-order valence-electron chi connectivity index (χ4n) is 3.78. The highest BCUT2D eigenvalue weighted by Gasteiger charge is 2.53. The Balaban J connectivity index is 1.71. The summed E-state index contributed by atoms with van der Waals surface area (Å²) in [6.45, 7) is 7.95. The number of rotatable bonds is 7. The highest BCUT2D eigenvalue weighted by Crippen LogP contribution is 2.60. The Kier molecular flexibility index (Phi) is 4.54. The number of amides is 1. The van der Waals surface area contributed by atoms with Crippen LogP contribution in [0, 0.1) is 36.5 Å². The van der Waals surface area contributed by atoms with Crippen molar-refractivity contribution in [2.45, 2.75) is 59.4 Å². The topological polar surface area (TPSA) is 57.8 Å². The molecule has 1 aromatic rings. The van der Waals surface area contributed by atoms with E-state index in [-0.39, 0.29) is 11.5 Å². The van der Waals surface area contributed by atoms with Crippen molar-refractivity contribution in [3.8, 4) is 6.07 Å². The van der Waals surface area contributed by atoms with Gasteiger partial charge in [0.2, 0.25) is 0 Å². The summed E-state index contributed by atoms with van der Waals surface area (Å²) in [7, 11) is 0. The maximum atomic E-state index is 12.4. The van der Waals surface area contributed by atoms with Gasteiger partial charge in [-0.25, -0.2) is 0 Å². The average molecular weight is 325 g/mol. The number of carbonyl (C=O) groups is 1. The largest absolute Gasteiger partial charge is 0.351 e. The molecule has 0 aromatic carbocycles. The summed E-state index contributed by atoms with van der Waals surface area (Å²) in [5.74, 6) is 0.574. The first-order chi connectivity index (χ1) is 11.5. The Morgan fingerprint density at radius 2 is 2.17 bits per heavy atom. The van der Waals surface area contributed by atoms with E-state index in [1.807, 2.05) is 6.92 Å². The van der Waals surface area contributed by atoms with Crippen LogP contribution in [0.1, 0.15) is 56.0 Å². The van der Waals surface area contributed by atoms with Crippen molar-refractivity contribution in [2.75, 3.05) is 6.54 Å². The molecule has 2 saturated carbocycles. The summed E-state index contributed by atoms with van der Waals surface area (Å²) >= 11 is 0. The van der Waals surface area contributed by atoms with E-state index >= 15 is 0 Å². The minimum atomic E-state index is -0.232. The molecule has 2 aliphatic rings. The maximum absolute atomic E-state index is 12.4. The standard InChI is InChI=1S/C20H27N3O/c1-4-9-23-14(2)10-16(15(23)3)11-17(12-21)19(24)22-13-20(7-8-20)18-5-6-18/h10-11,18H,4-9,13H2,1-3H3,(H,22,24)/b17-11+. The van der Waals surface area contributed by atoms with Crippen LogP contribution in [0.25, 0.3) is 6.08 Å². The van der Waals surface area contributed by atoms with Crippen molar-refractivity contribution < 1.29 is 4.79 Å². The quantitative estimate of drug-likeness (QED) is 0.613. The first-order valence-electron chi connectivity index (χ1n) is 9.07. The molecule has 0 unspecified atom stereocenters. The molecule has 4 nitrogen and oxygen atoms in total. The third-order valence-electron chi connectivity index (χ3n) is 5.66. The van der Waals surface area contributed by atoms with Gasteiger partial charge in [-0.15, -0.1) is 0 Å². The molecule has 1 amide bonds. The van der Waals surface area contributed by atoms with Gasteiger partial charge in [-0.05, 0) is 75.0 Å². The number of nitrogens with zero attached hydrogens (tertiary/aromatic N) is 2. The molecule has 2 fully saturated rings. The summed E-state index contributed by atoms with van der Waals surface area (Å²) in [4.78, 5) is 12.4. The molecule has 1 heterocycles. The molecule has 0 spiro atoms. The Morgan fingerprint density at radius 3 is 2.71 bits per heavy atom. The second-order valence-corrected chi connectivity index (χ2v) is 7.47. The molecule has 3 rings (SSSR count). The third-order valence-corrected chi connectivity index (χ3v) is 5.66. The number of aryl methyl sites for hydroxylation is 1. The fourth-order valence-corrected chi connectivity index (χ4v) is 3.78. The first-order valence-corrected chi connectivity index (χ1v) is 9.07. The minimum Gasteiger partial charge on any atom is -0.351 e. The summed E-state index contributed by atoms with van der Waals surface area (Å²) < 4.78 is 2.24. The molecule has 0 atom stereocenters. The van der Waals surface area contributed by atoms with Gasteiger partial charge in [-0.3, -0.25) is 4.79 Å². The molecule has 1 aromatic heterocycles. The van der Waals surface area contributed by atoms with E-state index < -0.39 is 0 Å². The van der Waals surface area contributed by atoms with Crippen LogP contribution in [0.3, 0.4) is 0 Å². The van der Waals surface area contributed by atoms with Gasteiger partial charge in [0, 0.05) is 24.5 Å². The summed E-state index contributed by atoms with van der Waals surface area (Å²) in [6, 6.07) is 4.14. The van der Waals surface area contributed by atoms with Gasteiger partial charge in [-0.2, -0.15) is 5.26 Å². The third kappa shape index (κ3) is 3.26. The zero-order chi connectivity index (χ0) is 17.3. The summed E-state index contributed by atoms with van der Waals surface area (Å²) in [5.41, 5.74) is 3.82. The van der Waals surface area contributed by atoms with E-state index in [0.29, 0.717) is 5.41 Å². The number of hydrogen-bond acceptors (Lipinski definition) is 2. The van der Waals surface area contributed by atoms with Gasteiger partial charge >= 0.3 is 0 Å². The van der Waals surface area contributed by atoms with E-state index in [4.69, 9.17) is 0 Å². The summed E-state index contributed by atoms with van der Waals surface area (Å²) in [5, 5.41) is 12.4. The average Bonchev–Trinajstić information content (AvgIpc) is 3.45. The predicted molar refractivity (Wildman–Crippen MR) is 95.2 cm³/mol. The second-order valence-electron chi connectivity index (χ2n) is 7.47. The molecule has 0 aliphatic heterocycles. The molecule has 128 valence electrons. The van der Waals surface area contributed by atoms with Crippen LogP contribution < -0.4 is 5.32 Å². The normalized spacial score (nSPS) is 19.0. The van der Waals surface area contributed by atoms with Crippen molar-refractivity contribution >= 4 is 12.0 Å². The van der Waals surface area contributed by atoms with Crippen molar-refractivity contribution in [1.82, 2.24) is 9.88 Å². The molecule has 0 bridgehead atoms. The zero-order valence-electron chi connectivity index (χ0n) is 15.0. The molecule has 1 N–H and O–H groups in total. The number of carbonyl (C=O) groups excluding carboxylic acids is 1. The molecule has 0 saturated heterocycles. The lowest BCUT2D eigenvalue weighted by Gasteiger charge is -2.14. The van der Waals surface area contributed by atoms with E-state index in [1.165, 1.54) is 31.4 Å². The van der Waals surface area contributed by atoms with Crippen LogP contribution in [-0.4, -0.2) is 17.0 Å².